The Labute approximate surface area is 749 Å². The van der Waals surface area contributed by atoms with Crippen LogP contribution in [0.25, 0.3) is 24.3 Å². The summed E-state index contributed by atoms with van der Waals surface area (Å²) in [6.45, 7) is 22.5. The van der Waals surface area contributed by atoms with E-state index < -0.39 is 11.2 Å². The molecule has 1 atom stereocenters. The summed E-state index contributed by atoms with van der Waals surface area (Å²) in [5, 5.41) is 0. The van der Waals surface area contributed by atoms with Crippen molar-refractivity contribution in [2.75, 3.05) is 116 Å². The SMILES string of the molecule is CC(C)(C)OC(=O)CC1CCN(c2nccc(/C=C3/C(=O)CC(=O)N3Cc3ccccc3)n2)C1.CC(C)(C)OC(=O)N1CCCN(c2nccc(/C=C3/C(=O)CC(=O)N3Cc3ccccc3)n2)CC1.O=C1CC(=O)N(Cc2ccccc2)/C1=C\c1ccnc(N2CCN(c3ccccc3)CC2)n1.O=C1CC(=O)N(Cc2ccccc2)/C1=C\c1ccnc(N2CCOCC2)n1. The quantitative estimate of drug-likeness (QED) is 0.0412. The third-order valence-corrected chi connectivity index (χ3v) is 22.1. The Hall–Kier alpha value is -14.4. The Balaban J connectivity index is 0.000000139. The van der Waals surface area contributed by atoms with Crippen molar-refractivity contribution >= 4 is 113 Å². The number of ketones is 4. The van der Waals surface area contributed by atoms with Crippen molar-refractivity contribution in [3.05, 3.63) is 269 Å². The van der Waals surface area contributed by atoms with Crippen LogP contribution >= 0.6 is 0 Å². The molecular weight excluding hydrogens is 1640 g/mol. The zero-order valence-electron chi connectivity index (χ0n) is 73.5. The molecule has 0 bridgehead atoms. The Bertz CT molecular complexity index is 5660. The van der Waals surface area contributed by atoms with Gasteiger partial charge >= 0.3 is 12.1 Å². The van der Waals surface area contributed by atoms with Crippen LogP contribution in [0.15, 0.2) is 224 Å². The second-order valence-electron chi connectivity index (χ2n) is 34.1. The van der Waals surface area contributed by atoms with E-state index in [1.54, 1.807) is 83.2 Å². The lowest BCUT2D eigenvalue weighted by Gasteiger charge is -2.36. The first-order valence-electron chi connectivity index (χ1n) is 43.5. The largest absolute Gasteiger partial charge is 0.460 e. The average molecular weight is 1740 g/mol. The summed E-state index contributed by atoms with van der Waals surface area (Å²) in [7, 11) is 0. The monoisotopic (exact) mass is 1740 g/mol. The predicted molar refractivity (Wildman–Crippen MR) is 486 cm³/mol. The van der Waals surface area contributed by atoms with E-state index in [0.29, 0.717) is 148 Å². The fraction of sp³-hybridized carbons (Fsp3) is 0.347. The first kappa shape index (κ1) is 90.9. The minimum absolute atomic E-state index is 0.0972. The van der Waals surface area contributed by atoms with E-state index in [-0.39, 0.29) is 90.4 Å². The van der Waals surface area contributed by atoms with E-state index >= 15 is 0 Å². The third-order valence-electron chi connectivity index (χ3n) is 22.1. The summed E-state index contributed by atoms with van der Waals surface area (Å²) in [4.78, 5) is 179. The van der Waals surface area contributed by atoms with Gasteiger partial charge in [-0.15, -0.1) is 0 Å². The number of rotatable bonds is 19. The number of carbonyl (C=O) groups excluding carboxylic acids is 10. The Morgan fingerprint density at radius 1 is 0.364 bits per heavy atom. The highest BCUT2D eigenvalue weighted by atomic mass is 16.6. The van der Waals surface area contributed by atoms with Crippen molar-refractivity contribution in [2.24, 2.45) is 5.92 Å². The number of ether oxygens (including phenoxy) is 3. The molecule has 4 aromatic heterocycles. The van der Waals surface area contributed by atoms with Crippen LogP contribution in [-0.2, 0) is 83.5 Å². The van der Waals surface area contributed by atoms with Crippen molar-refractivity contribution in [1.82, 2.24) is 64.4 Å². The van der Waals surface area contributed by atoms with Gasteiger partial charge in [-0.3, -0.25) is 43.2 Å². The molecule has 0 spiro atoms. The second-order valence-corrected chi connectivity index (χ2v) is 34.1. The van der Waals surface area contributed by atoms with Gasteiger partial charge in [-0.1, -0.05) is 140 Å². The van der Waals surface area contributed by atoms with Crippen molar-refractivity contribution in [3.63, 3.8) is 0 Å². The normalized spacial score (nSPS) is 18.8. The summed E-state index contributed by atoms with van der Waals surface area (Å²) in [5.74, 6) is 0.750. The molecule has 0 N–H and O–H groups in total. The van der Waals surface area contributed by atoms with E-state index in [1.807, 2.05) is 179 Å². The highest BCUT2D eigenvalue weighted by Gasteiger charge is 2.39. The lowest BCUT2D eigenvalue weighted by Crippen LogP contribution is -2.47. The van der Waals surface area contributed by atoms with Crippen molar-refractivity contribution in [1.29, 1.82) is 0 Å². The molecular formula is C98H106N18O13. The van der Waals surface area contributed by atoms with E-state index in [9.17, 15) is 47.9 Å². The number of hydrogen-bond donors (Lipinski definition) is 0. The predicted octanol–water partition coefficient (Wildman–Crippen LogP) is 11.4. The van der Waals surface area contributed by atoms with Gasteiger partial charge in [-0.05, 0) is 143 Å². The fourth-order valence-electron chi connectivity index (χ4n) is 15.8. The summed E-state index contributed by atoms with van der Waals surface area (Å²) in [5.41, 5.74) is 7.87. The first-order chi connectivity index (χ1) is 62.2. The zero-order valence-corrected chi connectivity index (χ0v) is 73.5. The number of likely N-dealkylation sites (tertiary alicyclic amines) is 4. The van der Waals surface area contributed by atoms with Gasteiger partial charge in [0.25, 0.3) is 0 Å². The summed E-state index contributed by atoms with van der Waals surface area (Å²) in [6, 6.07) is 55.8. The summed E-state index contributed by atoms with van der Waals surface area (Å²) < 4.78 is 16.3. The highest BCUT2D eigenvalue weighted by molar-refractivity contribution is 6.19. The number of para-hydroxylation sites is 1. The third kappa shape index (κ3) is 25.1. The molecule has 1 unspecified atom stereocenters. The number of aromatic nitrogens is 8. The van der Waals surface area contributed by atoms with E-state index in [1.165, 1.54) is 20.4 Å². The molecule has 0 saturated carbocycles. The van der Waals surface area contributed by atoms with Crippen LogP contribution < -0.4 is 24.5 Å². The molecule has 5 aromatic carbocycles. The van der Waals surface area contributed by atoms with Gasteiger partial charge < -0.3 is 63.2 Å². The highest BCUT2D eigenvalue weighted by Crippen LogP contribution is 2.32. The number of piperazine rings is 1. The zero-order chi connectivity index (χ0) is 90.6. The summed E-state index contributed by atoms with van der Waals surface area (Å²) in [6.07, 6.45) is 14.6. The van der Waals surface area contributed by atoms with Crippen molar-refractivity contribution in [2.45, 2.75) is 124 Å². The van der Waals surface area contributed by atoms with Gasteiger partial charge in [0.05, 0.1) is 117 Å². The molecule has 129 heavy (non-hydrogen) atoms. The maximum Gasteiger partial charge on any atom is 0.410 e. The van der Waals surface area contributed by atoms with Crippen LogP contribution in [0.2, 0.25) is 0 Å². The number of amides is 5. The van der Waals surface area contributed by atoms with Gasteiger partial charge in [-0.2, -0.15) is 0 Å². The molecule has 9 aromatic rings. The number of morpholine rings is 1. The first-order valence-corrected chi connectivity index (χ1v) is 43.5. The molecule has 8 aliphatic heterocycles. The minimum Gasteiger partial charge on any atom is -0.460 e. The molecule has 12 heterocycles. The van der Waals surface area contributed by atoms with Gasteiger partial charge in [-0.25, -0.2) is 44.7 Å². The smallest absolute Gasteiger partial charge is 0.410 e. The number of allylic oxidation sites excluding steroid dienone is 4. The maximum atomic E-state index is 12.6. The maximum absolute atomic E-state index is 12.6. The molecule has 0 radical (unpaired) electrons. The Kier molecular flexibility index (Phi) is 29.8. The van der Waals surface area contributed by atoms with E-state index in [4.69, 9.17) is 14.2 Å². The lowest BCUT2D eigenvalue weighted by atomic mass is 10.1. The number of carbonyl (C=O) groups is 10. The number of nitrogens with zero attached hydrogens (tertiary/aromatic N) is 18. The number of esters is 1. The number of anilines is 5. The van der Waals surface area contributed by atoms with E-state index in [0.717, 1.165) is 80.9 Å². The minimum atomic E-state index is -0.540. The standard InChI is InChI=1S/C26H31N5O4.C26H25N5O2.C26H30N4O4.C20H20N4O3/c1-26(2,3)35-25(34)30-13-7-12-29(14-15-30)24-27-11-10-20(28-24)16-21-22(32)17-23(33)31(21)18-19-8-5-4-6-9-19;32-24-18-25(33)31(19-20-7-3-1-4-8-20)23(24)17-21-11-12-27-26(28-21)30-15-13-29(14-16-30)22-9-5-2-6-10-22;1-26(2,3)34-24(33)13-19-10-12-29(16-19)25-27-11-9-20(28-25)14-21-22(31)15-23(32)30(21)17-18-7-5-4-6-8-18;25-18-13-19(26)24(14-15-4-2-1-3-5-15)17(18)12-16-6-7-21-20(22-16)23-8-10-27-11-9-23/h4-6,8-11,16H,7,12-15,17-18H2,1-3H3;1-12,17H,13-16,18-19H2;4-9,11,14,19H,10,12-13,15-17H2,1-3H3;1-7,12H,8-11,13-14H2/b21-16-;23-17-;21-14-;17-12-. The molecule has 8 fully saturated rings. The van der Waals surface area contributed by atoms with E-state index in [2.05, 4.69) is 78.8 Å². The van der Waals surface area contributed by atoms with Crippen LogP contribution in [0.3, 0.4) is 0 Å². The fourth-order valence-corrected chi connectivity index (χ4v) is 15.8. The van der Waals surface area contributed by atoms with Gasteiger partial charge in [0.1, 0.15) is 11.2 Å². The van der Waals surface area contributed by atoms with Crippen molar-refractivity contribution in [3.8, 4) is 0 Å². The lowest BCUT2D eigenvalue weighted by molar-refractivity contribution is -0.156. The van der Waals surface area contributed by atoms with Gasteiger partial charge in [0.2, 0.25) is 47.4 Å². The molecule has 17 rings (SSSR count). The van der Waals surface area contributed by atoms with Crippen LogP contribution in [-0.4, -0.2) is 226 Å². The number of hydrogen-bond acceptors (Lipinski definition) is 26. The molecule has 31 heteroatoms. The average Bonchev–Trinajstić information content (AvgIpc) is 1.74. The van der Waals surface area contributed by atoms with Crippen LogP contribution in [0, 0.1) is 5.92 Å². The molecule has 8 aliphatic rings. The molecule has 666 valence electrons. The Morgan fingerprint density at radius 3 is 1.04 bits per heavy atom. The van der Waals surface area contributed by atoms with Crippen LogP contribution in [0.5, 0.6) is 0 Å². The molecule has 31 nitrogen and oxygen atoms in total. The summed E-state index contributed by atoms with van der Waals surface area (Å²) >= 11 is 0. The number of benzene rings is 5. The van der Waals surface area contributed by atoms with Crippen LogP contribution in [0.1, 0.15) is 132 Å². The van der Waals surface area contributed by atoms with Gasteiger partial charge in [0.15, 0.2) is 23.1 Å². The van der Waals surface area contributed by atoms with Gasteiger partial charge in [0, 0.05) is 109 Å². The topological polar surface area (TPSA) is 334 Å². The molecule has 8 saturated heterocycles. The number of Topliss-reactive ketones (excluding diaryl/α,β-unsaturated/α-hetero) is 4. The molecule has 0 aliphatic carbocycles. The van der Waals surface area contributed by atoms with Crippen molar-refractivity contribution < 1.29 is 62.2 Å². The molecule has 5 amide bonds. The van der Waals surface area contributed by atoms with Crippen LogP contribution in [0.4, 0.5) is 34.3 Å². The second kappa shape index (κ2) is 42.3. The Morgan fingerprint density at radius 2 is 0.682 bits per heavy atom.